The van der Waals surface area contributed by atoms with Crippen LogP contribution in [-0.4, -0.2) is 93.8 Å². The van der Waals surface area contributed by atoms with Crippen molar-refractivity contribution in [2.24, 2.45) is 11.8 Å². The number of thioether (sulfide) groups is 1. The number of ether oxygens (including phenoxy) is 3. The van der Waals surface area contributed by atoms with Crippen molar-refractivity contribution < 1.29 is 43.0 Å². The molecule has 3 aliphatic rings. The lowest BCUT2D eigenvalue weighted by Gasteiger charge is -2.46. The zero-order chi connectivity index (χ0) is 31.3. The Morgan fingerprint density at radius 2 is 1.79 bits per heavy atom. The van der Waals surface area contributed by atoms with Gasteiger partial charge >= 0.3 is 18.0 Å². The second-order valence-corrected chi connectivity index (χ2v) is 11.6. The number of aliphatic hydroxyl groups excluding tert-OH is 1. The number of carbonyl (C=O) groups is 4. The van der Waals surface area contributed by atoms with Crippen LogP contribution in [0.25, 0.3) is 6.08 Å². The Kier molecular flexibility index (Phi) is 10.3. The summed E-state index contributed by atoms with van der Waals surface area (Å²) in [7, 11) is 0. The number of amides is 2. The molecular weight excluding hydrogens is 578 g/mol. The molecule has 0 radical (unpaired) electrons. The van der Waals surface area contributed by atoms with E-state index in [2.05, 4.69) is 24.9 Å². The highest BCUT2D eigenvalue weighted by atomic mass is 32.2. The number of β-lactam (4-membered cyclic amide) rings is 1. The molecule has 12 nitrogen and oxygen atoms in total. The smallest absolute Gasteiger partial charge is 0.410 e. The summed E-state index contributed by atoms with van der Waals surface area (Å²) >= 11 is 1.41. The van der Waals surface area contributed by atoms with Crippen molar-refractivity contribution in [1.29, 1.82) is 0 Å². The second-order valence-electron chi connectivity index (χ2n) is 10.3. The van der Waals surface area contributed by atoms with Crippen LogP contribution in [0.3, 0.4) is 0 Å². The highest BCUT2D eigenvalue weighted by Gasteiger charge is 2.60. The van der Waals surface area contributed by atoms with Crippen LogP contribution in [0.4, 0.5) is 4.79 Å². The molecule has 0 aliphatic carbocycles. The minimum Gasteiger partial charge on any atom is -0.457 e. The first kappa shape index (κ1) is 31.8. The van der Waals surface area contributed by atoms with E-state index in [9.17, 15) is 24.3 Å². The molecule has 0 spiro atoms. The number of hydrogen-bond donors (Lipinski definition) is 1. The van der Waals surface area contributed by atoms with E-state index in [1.807, 2.05) is 6.92 Å². The number of likely N-dealkylation sites (tertiary alicyclic amines) is 1. The van der Waals surface area contributed by atoms with Crippen molar-refractivity contribution in [3.63, 3.8) is 0 Å². The van der Waals surface area contributed by atoms with E-state index < -0.39 is 36.1 Å². The molecule has 230 valence electrons. The van der Waals surface area contributed by atoms with Crippen molar-refractivity contribution >= 4 is 41.8 Å². The standard InChI is InChI=1S/C30H35N3O9S/c1-6-11-39-28(36)22-15-20(42-31-22)10-9-19-14-21(16-32(19)30(38)41-13-8-3)43-26-17(4)24-23(18(5)34)27(35)33(24)25(26)29(37)40-12-7-2/h6-10,15,17-19,21,23-24,34H,1-3,11-14,16H2,4-5H3/t17-,18-,19-,21+,23-,24-/m1/s1. The molecule has 2 fully saturated rings. The highest BCUT2D eigenvalue weighted by molar-refractivity contribution is 8.03. The van der Waals surface area contributed by atoms with Gasteiger partial charge in [0.25, 0.3) is 0 Å². The molecule has 13 heteroatoms. The minimum atomic E-state index is -0.873. The molecule has 2 amide bonds. The van der Waals surface area contributed by atoms with Crippen LogP contribution >= 0.6 is 11.8 Å². The first-order valence-electron chi connectivity index (χ1n) is 13.8. The van der Waals surface area contributed by atoms with Crippen LogP contribution < -0.4 is 0 Å². The molecule has 0 saturated carbocycles. The fourth-order valence-corrected chi connectivity index (χ4v) is 6.98. The van der Waals surface area contributed by atoms with Crippen LogP contribution in [0.1, 0.15) is 36.5 Å². The first-order chi connectivity index (χ1) is 20.6. The average Bonchev–Trinajstić information content (AvgIpc) is 3.68. The van der Waals surface area contributed by atoms with Crippen molar-refractivity contribution in [1.82, 2.24) is 15.0 Å². The Morgan fingerprint density at radius 3 is 2.44 bits per heavy atom. The molecule has 0 aromatic carbocycles. The van der Waals surface area contributed by atoms with Gasteiger partial charge in [-0.3, -0.25) is 4.79 Å². The Hall–Kier alpha value is -4.10. The molecular formula is C30H35N3O9S. The largest absolute Gasteiger partial charge is 0.457 e. The van der Waals surface area contributed by atoms with E-state index in [-0.39, 0.29) is 66.6 Å². The van der Waals surface area contributed by atoms with Gasteiger partial charge in [-0.2, -0.15) is 0 Å². The Bertz CT molecular complexity index is 1350. The molecule has 43 heavy (non-hydrogen) atoms. The topological polar surface area (TPSA) is 149 Å². The summed E-state index contributed by atoms with van der Waals surface area (Å²) in [6.45, 7) is 14.5. The van der Waals surface area contributed by atoms with Gasteiger partial charge in [0.2, 0.25) is 5.91 Å². The maximum atomic E-state index is 13.1. The van der Waals surface area contributed by atoms with Crippen LogP contribution in [0.15, 0.2) is 65.2 Å². The molecule has 4 heterocycles. The number of aliphatic hydroxyl groups is 1. The third-order valence-electron chi connectivity index (χ3n) is 7.34. The van der Waals surface area contributed by atoms with E-state index in [4.69, 9.17) is 18.7 Å². The molecule has 0 bridgehead atoms. The molecule has 1 aromatic rings. The molecule has 2 saturated heterocycles. The molecule has 0 unspecified atom stereocenters. The van der Waals surface area contributed by atoms with Gasteiger partial charge in [0.05, 0.1) is 24.1 Å². The fraction of sp³-hybridized carbons (Fsp3) is 0.433. The van der Waals surface area contributed by atoms with Crippen molar-refractivity contribution in [2.45, 2.75) is 43.7 Å². The Balaban J connectivity index is 1.56. The summed E-state index contributed by atoms with van der Waals surface area (Å²) in [6, 6.07) is 0.634. The van der Waals surface area contributed by atoms with Crippen LogP contribution in [-0.2, 0) is 23.8 Å². The molecule has 4 rings (SSSR count). The molecule has 6 atom stereocenters. The lowest BCUT2D eigenvalue weighted by atomic mass is 9.79. The van der Waals surface area contributed by atoms with Gasteiger partial charge in [0, 0.05) is 28.7 Å². The summed E-state index contributed by atoms with van der Waals surface area (Å²) < 4.78 is 20.8. The van der Waals surface area contributed by atoms with E-state index in [1.54, 1.807) is 24.0 Å². The van der Waals surface area contributed by atoms with E-state index in [0.29, 0.717) is 11.3 Å². The number of aromatic nitrogens is 1. The minimum absolute atomic E-state index is 0.00342. The number of nitrogens with zero attached hydrogens (tertiary/aromatic N) is 3. The predicted octanol–water partition coefficient (Wildman–Crippen LogP) is 3.33. The fourth-order valence-electron chi connectivity index (χ4n) is 5.45. The first-order valence-corrected chi connectivity index (χ1v) is 14.7. The summed E-state index contributed by atoms with van der Waals surface area (Å²) in [5.41, 5.74) is 0.167. The molecule has 1 aromatic heterocycles. The number of carbonyl (C=O) groups excluding carboxylic acids is 4. The van der Waals surface area contributed by atoms with Gasteiger partial charge in [-0.1, -0.05) is 56.1 Å². The summed E-state index contributed by atoms with van der Waals surface area (Å²) in [5, 5.41) is 13.8. The van der Waals surface area contributed by atoms with Crippen LogP contribution in [0.5, 0.6) is 0 Å². The van der Waals surface area contributed by atoms with E-state index >= 15 is 0 Å². The van der Waals surface area contributed by atoms with Gasteiger partial charge in [-0.05, 0) is 19.4 Å². The normalized spacial score (nSPS) is 25.3. The quantitative estimate of drug-likeness (QED) is 0.151. The van der Waals surface area contributed by atoms with Crippen molar-refractivity contribution in [3.05, 3.63) is 72.2 Å². The average molecular weight is 614 g/mol. The second kappa shape index (κ2) is 13.9. The zero-order valence-corrected chi connectivity index (χ0v) is 24.9. The third-order valence-corrected chi connectivity index (χ3v) is 8.84. The summed E-state index contributed by atoms with van der Waals surface area (Å²) in [6.07, 6.45) is 6.78. The van der Waals surface area contributed by atoms with E-state index in [1.165, 1.54) is 41.0 Å². The zero-order valence-electron chi connectivity index (χ0n) is 24.0. The summed E-state index contributed by atoms with van der Waals surface area (Å²) in [4.78, 5) is 54.7. The lowest BCUT2D eigenvalue weighted by Crippen LogP contribution is -2.63. The molecule has 1 N–H and O–H groups in total. The number of hydrogen-bond acceptors (Lipinski definition) is 11. The van der Waals surface area contributed by atoms with Crippen molar-refractivity contribution in [2.75, 3.05) is 26.4 Å². The highest BCUT2D eigenvalue weighted by Crippen LogP contribution is 2.52. The number of rotatable bonds is 13. The van der Waals surface area contributed by atoms with Gasteiger partial charge in [-0.15, -0.1) is 11.8 Å². The Morgan fingerprint density at radius 1 is 1.14 bits per heavy atom. The van der Waals surface area contributed by atoms with Gasteiger partial charge in [0.1, 0.15) is 25.5 Å². The predicted molar refractivity (Wildman–Crippen MR) is 157 cm³/mol. The summed E-state index contributed by atoms with van der Waals surface area (Å²) in [5.74, 6) is -2.20. The van der Waals surface area contributed by atoms with Gasteiger partial charge < -0.3 is 33.6 Å². The lowest BCUT2D eigenvalue weighted by molar-refractivity contribution is -0.164. The maximum Gasteiger partial charge on any atom is 0.410 e. The van der Waals surface area contributed by atoms with Crippen molar-refractivity contribution in [3.8, 4) is 0 Å². The maximum absolute atomic E-state index is 13.1. The third kappa shape index (κ3) is 6.62. The molecule has 3 aliphatic heterocycles. The van der Waals surface area contributed by atoms with Gasteiger partial charge in [-0.25, -0.2) is 14.4 Å². The Labute approximate surface area is 253 Å². The van der Waals surface area contributed by atoms with Crippen LogP contribution in [0, 0.1) is 11.8 Å². The monoisotopic (exact) mass is 613 g/mol. The van der Waals surface area contributed by atoms with Gasteiger partial charge in [0.15, 0.2) is 11.5 Å². The van der Waals surface area contributed by atoms with Crippen LogP contribution in [0.2, 0.25) is 0 Å². The van der Waals surface area contributed by atoms with E-state index in [0.717, 1.165) is 0 Å². The SMILES string of the molecule is C=CCOC(=O)C1=C(S[C@H]2C[C@@H](C=Cc3cc(C(=O)OCC=C)no3)N(C(=O)OCC=C)C2)[C@H](C)[C@@H]2[C@@H]([C@@H](C)O)C(=O)N12. The number of fused-ring (bicyclic) bond motifs is 1. The number of esters is 2.